The fraction of sp³-hybridized carbons (Fsp3) is 0.300. The Hall–Kier alpha value is -2.74. The maximum Gasteiger partial charge on any atom is 0.338 e. The van der Waals surface area contributed by atoms with Crippen LogP contribution in [0.5, 0.6) is 0 Å². The Morgan fingerprint density at radius 1 is 0.926 bits per heavy atom. The molecule has 1 aliphatic rings. The van der Waals surface area contributed by atoms with Gasteiger partial charge in [-0.25, -0.2) is 9.59 Å². The third-order valence-electron chi connectivity index (χ3n) is 4.20. The Balaban J connectivity index is 1.67. The van der Waals surface area contributed by atoms with Crippen LogP contribution < -0.4 is 0 Å². The van der Waals surface area contributed by atoms with E-state index in [1.165, 1.54) is 7.11 Å². The minimum atomic E-state index is -1.30. The highest BCUT2D eigenvalue weighted by molar-refractivity contribution is 5.90. The summed E-state index contributed by atoms with van der Waals surface area (Å²) >= 11 is 0. The molecule has 7 nitrogen and oxygen atoms in total. The fourth-order valence-electron chi connectivity index (χ4n) is 2.82. The first-order valence-corrected chi connectivity index (χ1v) is 8.44. The van der Waals surface area contributed by atoms with Crippen molar-refractivity contribution < 1.29 is 33.6 Å². The first-order valence-electron chi connectivity index (χ1n) is 8.44. The molecule has 0 aromatic heterocycles. The Morgan fingerprint density at radius 2 is 1.48 bits per heavy atom. The highest BCUT2D eigenvalue weighted by atomic mass is 16.7. The van der Waals surface area contributed by atoms with E-state index in [1.807, 2.05) is 0 Å². The van der Waals surface area contributed by atoms with Gasteiger partial charge in [-0.1, -0.05) is 36.4 Å². The number of esters is 2. The number of rotatable bonds is 6. The van der Waals surface area contributed by atoms with Crippen LogP contribution in [0.25, 0.3) is 0 Å². The van der Waals surface area contributed by atoms with E-state index in [0.29, 0.717) is 11.1 Å². The highest BCUT2D eigenvalue weighted by Crippen LogP contribution is 2.26. The summed E-state index contributed by atoms with van der Waals surface area (Å²) in [4.78, 5) is 24.5. The van der Waals surface area contributed by atoms with E-state index >= 15 is 0 Å². The Morgan fingerprint density at radius 3 is 2.04 bits per heavy atom. The topological polar surface area (TPSA) is 91.3 Å². The van der Waals surface area contributed by atoms with Crippen LogP contribution in [-0.2, 0) is 18.9 Å². The van der Waals surface area contributed by atoms with Crippen molar-refractivity contribution in [3.63, 3.8) is 0 Å². The molecule has 0 aliphatic carbocycles. The lowest BCUT2D eigenvalue weighted by atomic mass is 10.1. The van der Waals surface area contributed by atoms with E-state index in [0.717, 1.165) is 0 Å². The summed E-state index contributed by atoms with van der Waals surface area (Å²) in [6.45, 7) is -0.197. The standard InChI is InChI=1S/C20H20O7/c1-24-17-16(27-19(22)14-10-6-3-7-11-14)15(26-20(17)23)12-25-18(21)13-8-4-2-5-9-13/h2-11,15-17,20,23H,12H2,1H3. The Kier molecular flexibility index (Phi) is 6.18. The minimum Gasteiger partial charge on any atom is -0.459 e. The van der Waals surface area contributed by atoms with E-state index in [-0.39, 0.29) is 6.61 Å². The molecule has 4 unspecified atom stereocenters. The lowest BCUT2D eigenvalue weighted by Crippen LogP contribution is -2.40. The third kappa shape index (κ3) is 4.51. The van der Waals surface area contributed by atoms with Gasteiger partial charge in [0.15, 0.2) is 12.4 Å². The second-order valence-corrected chi connectivity index (χ2v) is 5.97. The van der Waals surface area contributed by atoms with Gasteiger partial charge in [0.2, 0.25) is 0 Å². The van der Waals surface area contributed by atoms with Crippen molar-refractivity contribution in [3.8, 4) is 0 Å². The molecule has 0 amide bonds. The molecule has 0 bridgehead atoms. The van der Waals surface area contributed by atoms with Gasteiger partial charge < -0.3 is 24.1 Å². The van der Waals surface area contributed by atoms with Gasteiger partial charge in [0.1, 0.15) is 18.8 Å². The van der Waals surface area contributed by atoms with E-state index in [2.05, 4.69) is 0 Å². The lowest BCUT2D eigenvalue weighted by Gasteiger charge is -2.22. The molecule has 0 saturated carbocycles. The zero-order valence-corrected chi connectivity index (χ0v) is 14.7. The summed E-state index contributed by atoms with van der Waals surface area (Å²) in [6.07, 6.45) is -3.98. The number of carbonyl (C=O) groups excluding carboxylic acids is 2. The van der Waals surface area contributed by atoms with Gasteiger partial charge in [0.25, 0.3) is 0 Å². The van der Waals surface area contributed by atoms with Gasteiger partial charge in [-0.2, -0.15) is 0 Å². The summed E-state index contributed by atoms with van der Waals surface area (Å²) < 4.78 is 21.3. The van der Waals surface area contributed by atoms with Crippen molar-refractivity contribution >= 4 is 11.9 Å². The second-order valence-electron chi connectivity index (χ2n) is 5.97. The van der Waals surface area contributed by atoms with E-state index in [1.54, 1.807) is 60.7 Å². The summed E-state index contributed by atoms with van der Waals surface area (Å²) in [6, 6.07) is 16.9. The van der Waals surface area contributed by atoms with Crippen molar-refractivity contribution in [3.05, 3.63) is 71.8 Å². The van der Waals surface area contributed by atoms with Crippen LogP contribution >= 0.6 is 0 Å². The molecule has 27 heavy (non-hydrogen) atoms. The Bertz CT molecular complexity index is 762. The zero-order chi connectivity index (χ0) is 19.2. The molecule has 1 fully saturated rings. The number of aliphatic hydroxyl groups is 1. The first-order chi connectivity index (χ1) is 13.1. The number of hydrogen-bond donors (Lipinski definition) is 1. The van der Waals surface area contributed by atoms with Gasteiger partial charge in [0.05, 0.1) is 11.1 Å². The third-order valence-corrected chi connectivity index (χ3v) is 4.20. The van der Waals surface area contributed by atoms with Crippen LogP contribution in [0.3, 0.4) is 0 Å². The van der Waals surface area contributed by atoms with Crippen molar-refractivity contribution in [1.82, 2.24) is 0 Å². The van der Waals surface area contributed by atoms with Gasteiger partial charge in [-0.15, -0.1) is 0 Å². The second kappa shape index (κ2) is 8.77. The number of ether oxygens (including phenoxy) is 4. The fourth-order valence-corrected chi connectivity index (χ4v) is 2.82. The van der Waals surface area contributed by atoms with E-state index in [4.69, 9.17) is 18.9 Å². The van der Waals surface area contributed by atoms with Crippen LogP contribution in [0.2, 0.25) is 0 Å². The summed E-state index contributed by atoms with van der Waals surface area (Å²) in [5.41, 5.74) is 0.742. The van der Waals surface area contributed by atoms with E-state index in [9.17, 15) is 14.7 Å². The van der Waals surface area contributed by atoms with Gasteiger partial charge >= 0.3 is 11.9 Å². The number of aliphatic hydroxyl groups excluding tert-OH is 1. The van der Waals surface area contributed by atoms with Gasteiger partial charge in [-0.3, -0.25) is 0 Å². The SMILES string of the molecule is COC1C(O)OC(COC(=O)c2ccccc2)C1OC(=O)c1ccccc1. The average molecular weight is 372 g/mol. The molecule has 142 valence electrons. The van der Waals surface area contributed by atoms with Crippen molar-refractivity contribution in [2.24, 2.45) is 0 Å². The van der Waals surface area contributed by atoms with E-state index < -0.39 is 36.5 Å². The smallest absolute Gasteiger partial charge is 0.338 e. The largest absolute Gasteiger partial charge is 0.459 e. The maximum absolute atomic E-state index is 12.4. The normalized spacial score (nSPS) is 24.4. The zero-order valence-electron chi connectivity index (χ0n) is 14.7. The van der Waals surface area contributed by atoms with Crippen LogP contribution in [0.1, 0.15) is 20.7 Å². The quantitative estimate of drug-likeness (QED) is 0.773. The molecule has 4 atom stereocenters. The van der Waals surface area contributed by atoms with Gasteiger partial charge in [-0.05, 0) is 24.3 Å². The Labute approximate surface area is 156 Å². The molecule has 1 heterocycles. The summed E-state index contributed by atoms with van der Waals surface area (Å²) in [5, 5.41) is 10.0. The average Bonchev–Trinajstić information content (AvgIpc) is 3.01. The molecule has 1 saturated heterocycles. The molecule has 2 aromatic carbocycles. The minimum absolute atomic E-state index is 0.197. The number of methoxy groups -OCH3 is 1. The summed E-state index contributed by atoms with van der Waals surface area (Å²) in [7, 11) is 1.37. The molecule has 2 aromatic rings. The molecule has 1 aliphatic heterocycles. The van der Waals surface area contributed by atoms with Crippen LogP contribution in [0, 0.1) is 0 Å². The molecule has 0 spiro atoms. The van der Waals surface area contributed by atoms with Crippen LogP contribution in [0.4, 0.5) is 0 Å². The number of benzene rings is 2. The maximum atomic E-state index is 12.4. The molecule has 1 N–H and O–H groups in total. The van der Waals surface area contributed by atoms with Crippen LogP contribution in [-0.4, -0.2) is 55.4 Å². The van der Waals surface area contributed by atoms with Crippen LogP contribution in [0.15, 0.2) is 60.7 Å². The predicted octanol–water partition coefficient (Wildman–Crippen LogP) is 1.80. The van der Waals surface area contributed by atoms with Crippen molar-refractivity contribution in [2.45, 2.75) is 24.6 Å². The number of hydrogen-bond acceptors (Lipinski definition) is 7. The molecular weight excluding hydrogens is 352 g/mol. The first kappa shape index (κ1) is 19.0. The molecule has 0 radical (unpaired) electrons. The van der Waals surface area contributed by atoms with Crippen molar-refractivity contribution in [1.29, 1.82) is 0 Å². The number of carbonyl (C=O) groups is 2. The molecule has 3 rings (SSSR count). The van der Waals surface area contributed by atoms with Crippen molar-refractivity contribution in [2.75, 3.05) is 13.7 Å². The highest BCUT2D eigenvalue weighted by Gasteiger charge is 2.47. The monoisotopic (exact) mass is 372 g/mol. The molecule has 7 heteroatoms. The predicted molar refractivity (Wildman–Crippen MR) is 94.0 cm³/mol. The lowest BCUT2D eigenvalue weighted by molar-refractivity contribution is -0.140. The summed E-state index contributed by atoms with van der Waals surface area (Å²) in [5.74, 6) is -1.12. The molecular formula is C20H20O7. The van der Waals surface area contributed by atoms with Gasteiger partial charge in [0, 0.05) is 7.11 Å².